The Kier molecular flexibility index (Phi) is 4.14. The fourth-order valence-corrected chi connectivity index (χ4v) is 3.01. The van der Waals surface area contributed by atoms with Crippen molar-refractivity contribution in [1.82, 2.24) is 5.32 Å². The molecule has 1 aliphatic rings. The summed E-state index contributed by atoms with van der Waals surface area (Å²) in [4.78, 5) is 0. The molecule has 0 saturated carbocycles. The Balaban J connectivity index is 1.65. The van der Waals surface area contributed by atoms with Crippen LogP contribution in [-0.2, 0) is 6.42 Å². The highest BCUT2D eigenvalue weighted by Crippen LogP contribution is 2.29. The molecule has 2 aromatic rings. The summed E-state index contributed by atoms with van der Waals surface area (Å²) in [6, 6.07) is 18.9. The van der Waals surface area contributed by atoms with E-state index in [9.17, 15) is 5.11 Å². The van der Waals surface area contributed by atoms with E-state index in [2.05, 4.69) is 29.6 Å². The van der Waals surface area contributed by atoms with Crippen molar-refractivity contribution in [3.05, 3.63) is 71.3 Å². The van der Waals surface area contributed by atoms with Gasteiger partial charge >= 0.3 is 0 Å². The number of nitrogens with one attached hydrogen (secondary N) is 1. The Bertz CT molecular complexity index is 552. The van der Waals surface area contributed by atoms with E-state index < -0.39 is 6.10 Å². The lowest BCUT2D eigenvalue weighted by atomic mass is 9.87. The molecule has 2 heteroatoms. The lowest BCUT2D eigenvalue weighted by Gasteiger charge is -2.27. The summed E-state index contributed by atoms with van der Waals surface area (Å²) in [5.74, 6) is 0. The van der Waals surface area contributed by atoms with Gasteiger partial charge in [-0.2, -0.15) is 0 Å². The second kappa shape index (κ2) is 6.21. The molecule has 0 bridgehead atoms. The first kappa shape index (κ1) is 13.3. The van der Waals surface area contributed by atoms with E-state index in [4.69, 9.17) is 0 Å². The third-order valence-corrected chi connectivity index (χ3v) is 4.11. The minimum absolute atomic E-state index is 0.373. The van der Waals surface area contributed by atoms with Crippen LogP contribution in [0.2, 0.25) is 0 Å². The summed E-state index contributed by atoms with van der Waals surface area (Å²) >= 11 is 0. The molecule has 20 heavy (non-hydrogen) atoms. The Morgan fingerprint density at radius 2 is 1.80 bits per heavy atom. The van der Waals surface area contributed by atoms with Gasteiger partial charge in [0.2, 0.25) is 0 Å². The molecule has 104 valence electrons. The average molecular weight is 267 g/mol. The van der Waals surface area contributed by atoms with Gasteiger partial charge in [-0.25, -0.2) is 0 Å². The molecule has 0 aliphatic heterocycles. The monoisotopic (exact) mass is 267 g/mol. The lowest BCUT2D eigenvalue weighted by molar-refractivity contribution is 0.168. The highest BCUT2D eigenvalue weighted by molar-refractivity contribution is 5.32. The van der Waals surface area contributed by atoms with Gasteiger partial charge in [0.15, 0.2) is 0 Å². The number of aliphatic hydroxyl groups excluding tert-OH is 1. The SMILES string of the molecule is O[C@@H](CN[C@@H]1CCCc2ccccc21)c1ccccc1. The predicted molar refractivity (Wildman–Crippen MR) is 81.5 cm³/mol. The first-order valence-corrected chi connectivity index (χ1v) is 7.39. The predicted octanol–water partition coefficient (Wildman–Crippen LogP) is 3.39. The third-order valence-electron chi connectivity index (χ3n) is 4.11. The first-order valence-electron chi connectivity index (χ1n) is 7.39. The number of hydrogen-bond acceptors (Lipinski definition) is 2. The number of rotatable bonds is 4. The summed E-state index contributed by atoms with van der Waals surface area (Å²) in [7, 11) is 0. The van der Waals surface area contributed by atoms with Crippen LogP contribution in [0, 0.1) is 0 Å². The van der Waals surface area contributed by atoms with Crippen LogP contribution in [-0.4, -0.2) is 11.7 Å². The van der Waals surface area contributed by atoms with Crippen LogP contribution >= 0.6 is 0 Å². The van der Waals surface area contributed by atoms with Gasteiger partial charge in [0.25, 0.3) is 0 Å². The number of hydrogen-bond donors (Lipinski definition) is 2. The van der Waals surface area contributed by atoms with E-state index in [1.54, 1.807) is 0 Å². The van der Waals surface area contributed by atoms with Crippen LogP contribution < -0.4 is 5.32 Å². The molecule has 3 rings (SSSR count). The van der Waals surface area contributed by atoms with Gasteiger partial charge < -0.3 is 10.4 Å². The first-order chi connectivity index (χ1) is 9.84. The standard InChI is InChI=1S/C18H21NO/c20-18(15-8-2-1-3-9-15)13-19-17-12-6-10-14-7-4-5-11-16(14)17/h1-5,7-9,11,17-20H,6,10,12-13H2/t17-,18+/m1/s1. The highest BCUT2D eigenvalue weighted by atomic mass is 16.3. The van der Waals surface area contributed by atoms with Gasteiger partial charge in [-0.15, -0.1) is 0 Å². The maximum Gasteiger partial charge on any atom is 0.0914 e. The van der Waals surface area contributed by atoms with Crippen molar-refractivity contribution in [2.75, 3.05) is 6.54 Å². The van der Waals surface area contributed by atoms with Crippen molar-refractivity contribution in [3.63, 3.8) is 0 Å². The van der Waals surface area contributed by atoms with Crippen molar-refractivity contribution in [1.29, 1.82) is 0 Å². The molecular formula is C18H21NO. The maximum atomic E-state index is 10.2. The topological polar surface area (TPSA) is 32.3 Å². The molecule has 0 aromatic heterocycles. The molecule has 0 fully saturated rings. The highest BCUT2D eigenvalue weighted by Gasteiger charge is 2.20. The minimum atomic E-state index is -0.440. The van der Waals surface area contributed by atoms with Crippen LogP contribution in [0.3, 0.4) is 0 Å². The zero-order chi connectivity index (χ0) is 13.8. The molecule has 0 saturated heterocycles. The number of fused-ring (bicyclic) bond motifs is 1. The molecule has 0 heterocycles. The normalized spacial score (nSPS) is 19.4. The van der Waals surface area contributed by atoms with E-state index >= 15 is 0 Å². The molecule has 2 N–H and O–H groups in total. The van der Waals surface area contributed by atoms with Gasteiger partial charge in [0.1, 0.15) is 0 Å². The average Bonchev–Trinajstić information content (AvgIpc) is 2.53. The van der Waals surface area contributed by atoms with Crippen LogP contribution in [0.25, 0.3) is 0 Å². The molecule has 2 atom stereocenters. The fourth-order valence-electron chi connectivity index (χ4n) is 3.01. The number of benzene rings is 2. The molecule has 1 aliphatic carbocycles. The van der Waals surface area contributed by atoms with E-state index in [1.165, 1.54) is 24.0 Å². The van der Waals surface area contributed by atoms with Crippen molar-refractivity contribution < 1.29 is 5.11 Å². The van der Waals surface area contributed by atoms with Crippen LogP contribution in [0.4, 0.5) is 0 Å². The van der Waals surface area contributed by atoms with Crippen LogP contribution in [0.1, 0.15) is 41.7 Å². The van der Waals surface area contributed by atoms with Gasteiger partial charge in [0.05, 0.1) is 6.10 Å². The van der Waals surface area contributed by atoms with Crippen LogP contribution in [0.15, 0.2) is 54.6 Å². The molecular weight excluding hydrogens is 246 g/mol. The van der Waals surface area contributed by atoms with Crippen molar-refractivity contribution in [3.8, 4) is 0 Å². The Hall–Kier alpha value is -1.64. The molecule has 2 nitrogen and oxygen atoms in total. The van der Waals surface area contributed by atoms with Crippen molar-refractivity contribution in [2.45, 2.75) is 31.4 Å². The number of aryl methyl sites for hydroxylation is 1. The number of aliphatic hydroxyl groups is 1. The van der Waals surface area contributed by atoms with Crippen molar-refractivity contribution in [2.24, 2.45) is 0 Å². The smallest absolute Gasteiger partial charge is 0.0914 e. The third kappa shape index (κ3) is 2.92. The molecule has 2 aromatic carbocycles. The summed E-state index contributed by atoms with van der Waals surface area (Å²) in [5.41, 5.74) is 3.83. The van der Waals surface area contributed by atoms with E-state index in [1.807, 2.05) is 30.3 Å². The van der Waals surface area contributed by atoms with E-state index in [-0.39, 0.29) is 0 Å². The van der Waals surface area contributed by atoms with Gasteiger partial charge in [0, 0.05) is 12.6 Å². The zero-order valence-electron chi connectivity index (χ0n) is 11.6. The largest absolute Gasteiger partial charge is 0.387 e. The van der Waals surface area contributed by atoms with Gasteiger partial charge in [-0.05, 0) is 36.0 Å². The quantitative estimate of drug-likeness (QED) is 0.890. The molecule has 0 amide bonds. The van der Waals surface area contributed by atoms with Gasteiger partial charge in [-0.3, -0.25) is 0 Å². The van der Waals surface area contributed by atoms with Crippen LogP contribution in [0.5, 0.6) is 0 Å². The Labute approximate surface area is 120 Å². The molecule has 0 unspecified atom stereocenters. The maximum absolute atomic E-state index is 10.2. The molecule has 0 spiro atoms. The fraction of sp³-hybridized carbons (Fsp3) is 0.333. The zero-order valence-corrected chi connectivity index (χ0v) is 11.6. The Morgan fingerprint density at radius 1 is 1.05 bits per heavy atom. The lowest BCUT2D eigenvalue weighted by Crippen LogP contribution is -2.29. The summed E-state index contributed by atoms with van der Waals surface area (Å²) in [6.45, 7) is 0.600. The van der Waals surface area contributed by atoms with Gasteiger partial charge in [-0.1, -0.05) is 54.6 Å². The summed E-state index contributed by atoms with van der Waals surface area (Å²) < 4.78 is 0. The second-order valence-electron chi connectivity index (χ2n) is 5.48. The summed E-state index contributed by atoms with van der Waals surface area (Å²) in [5, 5.41) is 13.8. The van der Waals surface area contributed by atoms with Crippen molar-refractivity contribution >= 4 is 0 Å². The Morgan fingerprint density at radius 3 is 2.65 bits per heavy atom. The second-order valence-corrected chi connectivity index (χ2v) is 5.48. The van der Waals surface area contributed by atoms with E-state index in [0.717, 1.165) is 12.0 Å². The molecule has 0 radical (unpaired) electrons. The minimum Gasteiger partial charge on any atom is -0.387 e. The summed E-state index contributed by atoms with van der Waals surface area (Å²) in [6.07, 6.45) is 3.11. The van der Waals surface area contributed by atoms with E-state index in [0.29, 0.717) is 12.6 Å².